The fraction of sp³-hybridized carbons (Fsp3) is 0.250. The Morgan fingerprint density at radius 3 is 2.73 bits per heavy atom. The molecule has 0 aromatic carbocycles. The number of hydrogen-bond donors (Lipinski definition) is 0. The predicted molar refractivity (Wildman–Crippen MR) is 54.2 cm³/mol. The normalized spacial score (nSPS) is 12.3. The maximum Gasteiger partial charge on any atom is 0.417 e. The Morgan fingerprint density at radius 2 is 2.13 bits per heavy atom. The molecular weight excluding hydrogens is 245 g/mol. The third-order valence-electron chi connectivity index (χ3n) is 1.73. The molecule has 0 aliphatic rings. The van der Waals surface area contributed by atoms with Gasteiger partial charge >= 0.3 is 6.18 Å². The number of hydrogen-bond acceptors (Lipinski definition) is 4. The Bertz CT molecular complexity index is 492. The Balaban J connectivity index is 2.55. The quantitative estimate of drug-likeness (QED) is 0.725. The Hall–Kier alpha value is -0.820. The van der Waals surface area contributed by atoms with E-state index in [0.717, 1.165) is 16.6 Å². The lowest BCUT2D eigenvalue weighted by atomic mass is 10.3. The van der Waals surface area contributed by atoms with Gasteiger partial charge in [-0.1, -0.05) is 11.8 Å². The van der Waals surface area contributed by atoms with Crippen LogP contribution in [0.4, 0.5) is 13.2 Å². The largest absolute Gasteiger partial charge is 0.417 e. The van der Waals surface area contributed by atoms with Crippen molar-refractivity contribution in [3.05, 3.63) is 17.8 Å². The van der Waals surface area contributed by atoms with Gasteiger partial charge in [0.25, 0.3) is 0 Å². The molecule has 0 bridgehead atoms. The molecule has 0 N–H and O–H groups in total. The van der Waals surface area contributed by atoms with Gasteiger partial charge in [0.2, 0.25) is 0 Å². The molecule has 0 fully saturated rings. The summed E-state index contributed by atoms with van der Waals surface area (Å²) in [6.45, 7) is 0. The molecule has 0 saturated heterocycles. The highest BCUT2D eigenvalue weighted by Crippen LogP contribution is 2.33. The molecule has 2 rings (SSSR count). The SMILES string of the molecule is CSc1nc2ncc(C(F)(F)F)cc2s1. The summed E-state index contributed by atoms with van der Waals surface area (Å²) in [7, 11) is 0. The first-order valence-electron chi connectivity index (χ1n) is 3.88. The first-order chi connectivity index (χ1) is 7.00. The fourth-order valence-electron chi connectivity index (χ4n) is 1.04. The second-order valence-corrected chi connectivity index (χ2v) is 4.81. The summed E-state index contributed by atoms with van der Waals surface area (Å²) in [4.78, 5) is 7.74. The van der Waals surface area contributed by atoms with E-state index >= 15 is 0 Å². The van der Waals surface area contributed by atoms with Crippen LogP contribution in [-0.4, -0.2) is 16.2 Å². The van der Waals surface area contributed by atoms with Crippen LogP contribution in [0, 0.1) is 0 Å². The van der Waals surface area contributed by atoms with Crippen LogP contribution < -0.4 is 0 Å². The molecule has 0 aliphatic heterocycles. The first kappa shape index (κ1) is 10.7. The highest BCUT2D eigenvalue weighted by atomic mass is 32.2. The third-order valence-corrected chi connectivity index (χ3v) is 3.71. The molecule has 0 spiro atoms. The average Bonchev–Trinajstić information content (AvgIpc) is 2.57. The smallest absolute Gasteiger partial charge is 0.235 e. The van der Waals surface area contributed by atoms with Gasteiger partial charge in [0.05, 0.1) is 10.3 Å². The molecule has 2 heterocycles. The minimum atomic E-state index is -4.34. The van der Waals surface area contributed by atoms with Crippen molar-refractivity contribution in [3.8, 4) is 0 Å². The average molecular weight is 250 g/mol. The van der Waals surface area contributed by atoms with E-state index in [1.165, 1.54) is 23.1 Å². The van der Waals surface area contributed by atoms with Crippen molar-refractivity contribution in [1.29, 1.82) is 0 Å². The van der Waals surface area contributed by atoms with Crippen molar-refractivity contribution in [3.63, 3.8) is 0 Å². The Labute approximate surface area is 91.5 Å². The summed E-state index contributed by atoms with van der Waals surface area (Å²) < 4.78 is 38.2. The minimum absolute atomic E-state index is 0.373. The zero-order chi connectivity index (χ0) is 11.1. The van der Waals surface area contributed by atoms with E-state index < -0.39 is 11.7 Å². The highest BCUT2D eigenvalue weighted by Gasteiger charge is 2.31. The molecule has 0 saturated carbocycles. The van der Waals surface area contributed by atoms with Gasteiger partial charge in [-0.05, 0) is 12.3 Å². The summed E-state index contributed by atoms with van der Waals surface area (Å²) in [5.41, 5.74) is -0.358. The maximum atomic E-state index is 12.3. The topological polar surface area (TPSA) is 25.8 Å². The Morgan fingerprint density at radius 1 is 1.40 bits per heavy atom. The van der Waals surface area contributed by atoms with Crippen molar-refractivity contribution in [2.24, 2.45) is 0 Å². The molecule has 7 heteroatoms. The van der Waals surface area contributed by atoms with E-state index in [4.69, 9.17) is 0 Å². The van der Waals surface area contributed by atoms with E-state index in [0.29, 0.717) is 10.3 Å². The van der Waals surface area contributed by atoms with Crippen LogP contribution in [0.3, 0.4) is 0 Å². The van der Waals surface area contributed by atoms with E-state index in [-0.39, 0.29) is 0 Å². The van der Waals surface area contributed by atoms with Crippen molar-refractivity contribution in [2.75, 3.05) is 6.26 Å². The minimum Gasteiger partial charge on any atom is -0.235 e. The van der Waals surface area contributed by atoms with Crippen molar-refractivity contribution < 1.29 is 13.2 Å². The lowest BCUT2D eigenvalue weighted by Gasteiger charge is -2.04. The van der Waals surface area contributed by atoms with E-state index in [1.807, 2.05) is 6.26 Å². The van der Waals surface area contributed by atoms with Gasteiger partial charge in [0.1, 0.15) is 0 Å². The van der Waals surface area contributed by atoms with Crippen LogP contribution in [0.5, 0.6) is 0 Å². The number of alkyl halides is 3. The number of rotatable bonds is 1. The molecule has 0 aliphatic carbocycles. The van der Waals surface area contributed by atoms with E-state index in [2.05, 4.69) is 9.97 Å². The van der Waals surface area contributed by atoms with Crippen LogP contribution in [0.1, 0.15) is 5.56 Å². The predicted octanol–water partition coefficient (Wildman–Crippen LogP) is 3.43. The summed E-state index contributed by atoms with van der Waals surface area (Å²) in [6.07, 6.45) is -1.71. The molecule has 80 valence electrons. The summed E-state index contributed by atoms with van der Waals surface area (Å²) in [5, 5.41) is 0. The summed E-state index contributed by atoms with van der Waals surface area (Å²) >= 11 is 2.61. The van der Waals surface area contributed by atoms with Crippen molar-refractivity contribution >= 4 is 33.4 Å². The van der Waals surface area contributed by atoms with Gasteiger partial charge < -0.3 is 0 Å². The fourth-order valence-corrected chi connectivity index (χ4v) is 2.52. The highest BCUT2D eigenvalue weighted by molar-refractivity contribution is 8.00. The molecule has 0 radical (unpaired) electrons. The monoisotopic (exact) mass is 250 g/mol. The lowest BCUT2D eigenvalue weighted by Crippen LogP contribution is -2.04. The standard InChI is InChI=1S/C8H5F3N2S2/c1-14-7-13-6-5(15-7)2-4(3-12-6)8(9,10)11/h2-3H,1H3. The number of fused-ring (bicyclic) bond motifs is 1. The second-order valence-electron chi connectivity index (χ2n) is 2.73. The number of halogens is 3. The maximum absolute atomic E-state index is 12.3. The van der Waals surface area contributed by atoms with Crippen LogP contribution in [-0.2, 0) is 6.18 Å². The van der Waals surface area contributed by atoms with E-state index in [9.17, 15) is 13.2 Å². The summed E-state index contributed by atoms with van der Waals surface area (Å²) in [6, 6.07) is 1.08. The molecular formula is C8H5F3N2S2. The molecule has 2 nitrogen and oxygen atoms in total. The Kier molecular flexibility index (Phi) is 2.59. The first-order valence-corrected chi connectivity index (χ1v) is 5.92. The van der Waals surface area contributed by atoms with Crippen molar-refractivity contribution in [1.82, 2.24) is 9.97 Å². The van der Waals surface area contributed by atoms with Crippen LogP contribution in [0.2, 0.25) is 0 Å². The van der Waals surface area contributed by atoms with Gasteiger partial charge in [-0.25, -0.2) is 9.97 Å². The van der Waals surface area contributed by atoms with Gasteiger partial charge in [-0.2, -0.15) is 13.2 Å². The van der Waals surface area contributed by atoms with Gasteiger partial charge in [-0.15, -0.1) is 11.3 Å². The molecule has 2 aromatic heterocycles. The number of pyridine rings is 1. The number of aromatic nitrogens is 2. The molecule has 15 heavy (non-hydrogen) atoms. The van der Waals surface area contributed by atoms with Crippen molar-refractivity contribution in [2.45, 2.75) is 10.5 Å². The van der Waals surface area contributed by atoms with Gasteiger partial charge in [0, 0.05) is 6.20 Å². The third kappa shape index (κ3) is 2.07. The lowest BCUT2D eigenvalue weighted by molar-refractivity contribution is -0.137. The summed E-state index contributed by atoms with van der Waals surface area (Å²) in [5.74, 6) is 0. The molecule has 0 atom stereocenters. The molecule has 0 unspecified atom stereocenters. The molecule has 2 aromatic rings. The van der Waals surface area contributed by atoms with Crippen LogP contribution in [0.25, 0.3) is 10.3 Å². The zero-order valence-corrected chi connectivity index (χ0v) is 9.13. The van der Waals surface area contributed by atoms with Gasteiger partial charge in [0.15, 0.2) is 9.99 Å². The van der Waals surface area contributed by atoms with E-state index in [1.54, 1.807) is 0 Å². The number of thiazole rings is 1. The van der Waals surface area contributed by atoms with Crippen LogP contribution in [0.15, 0.2) is 16.6 Å². The van der Waals surface area contributed by atoms with Crippen LogP contribution >= 0.6 is 23.1 Å². The number of thioether (sulfide) groups is 1. The molecule has 0 amide bonds. The second kappa shape index (κ2) is 3.64. The zero-order valence-electron chi connectivity index (χ0n) is 7.50. The number of nitrogens with zero attached hydrogens (tertiary/aromatic N) is 2. The van der Waals surface area contributed by atoms with Gasteiger partial charge in [-0.3, -0.25) is 0 Å².